The Morgan fingerprint density at radius 1 is 0.851 bits per heavy atom. The molecule has 7 unspecified atom stereocenters. The van der Waals surface area contributed by atoms with E-state index in [1.54, 1.807) is 12.1 Å². The summed E-state index contributed by atoms with van der Waals surface area (Å²) < 4.78 is 29.8. The first kappa shape index (κ1) is 38.8. The molecule has 7 atom stereocenters. The highest BCUT2D eigenvalue weighted by Gasteiger charge is 2.44. The molecule has 0 aliphatic carbocycles. The number of aliphatic hydroxyl groups excluding tert-OH is 5. The Hall–Kier alpha value is -2.64. The van der Waals surface area contributed by atoms with Gasteiger partial charge in [-0.15, -0.1) is 0 Å². The molecule has 0 saturated carbocycles. The van der Waals surface area contributed by atoms with Gasteiger partial charge < -0.3 is 45.1 Å². The number of halogens is 1. The molecule has 264 valence electrons. The van der Waals surface area contributed by atoms with Gasteiger partial charge >= 0.3 is 0 Å². The summed E-state index contributed by atoms with van der Waals surface area (Å²) in [5.41, 5.74) is 1.26. The highest BCUT2D eigenvalue weighted by atomic mass is 19.1. The van der Waals surface area contributed by atoms with Crippen LogP contribution >= 0.6 is 0 Å². The van der Waals surface area contributed by atoms with Crippen LogP contribution in [0, 0.1) is 5.82 Å². The molecular formula is C36H54FNO9. The van der Waals surface area contributed by atoms with E-state index in [9.17, 15) is 34.7 Å². The predicted octanol–water partition coefficient (Wildman–Crippen LogP) is 4.52. The predicted molar refractivity (Wildman–Crippen MR) is 175 cm³/mol. The summed E-state index contributed by atoms with van der Waals surface area (Å²) >= 11 is 0. The quantitative estimate of drug-likeness (QED) is 0.0997. The van der Waals surface area contributed by atoms with Gasteiger partial charge in [0.05, 0.1) is 25.4 Å². The molecule has 0 spiro atoms. The zero-order chi connectivity index (χ0) is 34.0. The Balaban J connectivity index is 1.26. The average molecular weight is 664 g/mol. The van der Waals surface area contributed by atoms with Crippen molar-refractivity contribution in [3.8, 4) is 11.5 Å². The molecule has 6 N–H and O–H groups in total. The molecule has 3 rings (SSSR count). The maximum absolute atomic E-state index is 13.1. The first-order valence-electron chi connectivity index (χ1n) is 17.1. The van der Waals surface area contributed by atoms with Gasteiger partial charge in [0.1, 0.15) is 41.7 Å². The number of nitrogens with one attached hydrogen (secondary N) is 1. The molecule has 0 radical (unpaired) electrons. The van der Waals surface area contributed by atoms with Crippen LogP contribution in [-0.4, -0.2) is 87.5 Å². The Morgan fingerprint density at radius 2 is 1.45 bits per heavy atom. The normalized spacial score (nSPS) is 22.5. The highest BCUT2D eigenvalue weighted by molar-refractivity contribution is 5.76. The number of aliphatic hydroxyl groups is 5. The van der Waals surface area contributed by atoms with Crippen LogP contribution in [0.5, 0.6) is 11.5 Å². The molecule has 47 heavy (non-hydrogen) atoms. The molecule has 0 bridgehead atoms. The van der Waals surface area contributed by atoms with Crippen molar-refractivity contribution in [1.82, 2.24) is 5.32 Å². The van der Waals surface area contributed by atoms with Crippen molar-refractivity contribution in [2.75, 3.05) is 13.2 Å². The Morgan fingerprint density at radius 3 is 2.06 bits per heavy atom. The van der Waals surface area contributed by atoms with Crippen molar-refractivity contribution in [2.45, 2.75) is 133 Å². The van der Waals surface area contributed by atoms with E-state index in [1.165, 1.54) is 17.7 Å². The minimum Gasteiger partial charge on any atom is -0.457 e. The van der Waals surface area contributed by atoms with E-state index in [1.807, 2.05) is 19.1 Å². The summed E-state index contributed by atoms with van der Waals surface area (Å²) in [7, 11) is 0. The standard InChI is InChI=1S/C36H54FNO9/c1-2-3-13-30(40)29(24-45-36-35(44)34(43)33(42)31(23-39)47-36)38-32(41)14-11-9-7-5-4-6-8-10-12-25-15-19-27(20-16-25)46-28-21-17-26(37)18-22-28/h15-22,29-31,33-36,39-40,42-44H,2-14,23-24H2,1H3,(H,38,41). The fourth-order valence-electron chi connectivity index (χ4n) is 5.58. The molecule has 11 heteroatoms. The summed E-state index contributed by atoms with van der Waals surface area (Å²) in [6, 6.07) is 13.2. The molecule has 10 nitrogen and oxygen atoms in total. The number of rotatable bonds is 22. The summed E-state index contributed by atoms with van der Waals surface area (Å²) in [5, 5.41) is 53.2. The van der Waals surface area contributed by atoms with Crippen molar-refractivity contribution in [3.63, 3.8) is 0 Å². The topological polar surface area (TPSA) is 158 Å². The SMILES string of the molecule is CCCCC(O)C(COC1OC(CO)C(O)C(O)C1O)NC(=O)CCCCCCCCCCc1ccc(Oc2ccc(F)cc2)cc1. The Kier molecular flexibility index (Phi) is 17.6. The van der Waals surface area contributed by atoms with Crippen molar-refractivity contribution >= 4 is 5.91 Å². The van der Waals surface area contributed by atoms with Crippen molar-refractivity contribution < 1.29 is 48.9 Å². The summed E-state index contributed by atoms with van der Waals surface area (Å²) in [6.07, 6.45) is 3.93. The number of ether oxygens (including phenoxy) is 3. The molecule has 1 fully saturated rings. The number of carbonyl (C=O) groups is 1. The van der Waals surface area contributed by atoms with Gasteiger partial charge in [-0.25, -0.2) is 4.39 Å². The number of benzene rings is 2. The third-order valence-corrected chi connectivity index (χ3v) is 8.54. The zero-order valence-corrected chi connectivity index (χ0v) is 27.5. The largest absolute Gasteiger partial charge is 0.457 e. The van der Waals surface area contributed by atoms with Gasteiger partial charge in [0, 0.05) is 6.42 Å². The van der Waals surface area contributed by atoms with E-state index < -0.39 is 49.5 Å². The van der Waals surface area contributed by atoms with Gasteiger partial charge in [0.2, 0.25) is 5.91 Å². The van der Waals surface area contributed by atoms with Crippen LogP contribution in [0.4, 0.5) is 4.39 Å². The van der Waals surface area contributed by atoms with E-state index in [2.05, 4.69) is 17.4 Å². The second-order valence-corrected chi connectivity index (χ2v) is 12.4. The molecule has 2 aromatic carbocycles. The lowest BCUT2D eigenvalue weighted by Gasteiger charge is -2.40. The molecule has 1 heterocycles. The van der Waals surface area contributed by atoms with Crippen LogP contribution in [0.25, 0.3) is 0 Å². The highest BCUT2D eigenvalue weighted by Crippen LogP contribution is 2.24. The second kappa shape index (κ2) is 21.4. The fourth-order valence-corrected chi connectivity index (χ4v) is 5.58. The van der Waals surface area contributed by atoms with Crippen LogP contribution in [0.15, 0.2) is 48.5 Å². The first-order valence-corrected chi connectivity index (χ1v) is 17.1. The Labute approximate surface area is 277 Å². The smallest absolute Gasteiger partial charge is 0.220 e. The number of amides is 1. The van der Waals surface area contributed by atoms with Gasteiger partial charge in [-0.3, -0.25) is 4.79 Å². The maximum atomic E-state index is 13.1. The van der Waals surface area contributed by atoms with Crippen LogP contribution in [-0.2, 0) is 20.7 Å². The van der Waals surface area contributed by atoms with E-state index in [-0.39, 0.29) is 18.3 Å². The molecule has 0 aromatic heterocycles. The van der Waals surface area contributed by atoms with Crippen molar-refractivity contribution in [3.05, 3.63) is 59.9 Å². The van der Waals surface area contributed by atoms with Crippen LogP contribution in [0.3, 0.4) is 0 Å². The molecule has 1 amide bonds. The molecule has 1 aliphatic heterocycles. The van der Waals surface area contributed by atoms with E-state index in [4.69, 9.17) is 14.2 Å². The van der Waals surface area contributed by atoms with Crippen LogP contribution in [0.1, 0.15) is 89.5 Å². The second-order valence-electron chi connectivity index (χ2n) is 12.4. The lowest BCUT2D eigenvalue weighted by Crippen LogP contribution is -2.60. The third-order valence-electron chi connectivity index (χ3n) is 8.54. The summed E-state index contributed by atoms with van der Waals surface area (Å²) in [4.78, 5) is 12.7. The molecule has 1 saturated heterocycles. The number of hydrogen-bond donors (Lipinski definition) is 6. The van der Waals surface area contributed by atoms with E-state index in [0.29, 0.717) is 18.6 Å². The van der Waals surface area contributed by atoms with E-state index >= 15 is 0 Å². The third kappa shape index (κ3) is 13.8. The minimum atomic E-state index is -1.56. The van der Waals surface area contributed by atoms with Gasteiger partial charge in [0.15, 0.2) is 6.29 Å². The number of hydrogen-bond acceptors (Lipinski definition) is 9. The van der Waals surface area contributed by atoms with Crippen molar-refractivity contribution in [1.29, 1.82) is 0 Å². The van der Waals surface area contributed by atoms with Crippen LogP contribution in [0.2, 0.25) is 0 Å². The van der Waals surface area contributed by atoms with Crippen LogP contribution < -0.4 is 10.1 Å². The van der Waals surface area contributed by atoms with Gasteiger partial charge in [0.25, 0.3) is 0 Å². The molecule has 1 aliphatic rings. The number of unbranched alkanes of at least 4 members (excludes halogenated alkanes) is 8. The average Bonchev–Trinajstić information content (AvgIpc) is 3.07. The molecule has 2 aromatic rings. The summed E-state index contributed by atoms with van der Waals surface area (Å²) in [6.45, 7) is 1.26. The lowest BCUT2D eigenvalue weighted by atomic mass is 9.99. The summed E-state index contributed by atoms with van der Waals surface area (Å²) in [5.74, 6) is 0.842. The lowest BCUT2D eigenvalue weighted by molar-refractivity contribution is -0.302. The maximum Gasteiger partial charge on any atom is 0.220 e. The number of carbonyl (C=O) groups excluding carboxylic acids is 1. The fraction of sp³-hybridized carbons (Fsp3) is 0.639. The van der Waals surface area contributed by atoms with Crippen molar-refractivity contribution in [2.24, 2.45) is 0 Å². The van der Waals surface area contributed by atoms with Gasteiger partial charge in [-0.1, -0.05) is 70.4 Å². The minimum absolute atomic E-state index is 0.170. The van der Waals surface area contributed by atoms with E-state index in [0.717, 1.165) is 76.4 Å². The number of aryl methyl sites for hydroxylation is 1. The van der Waals surface area contributed by atoms with Gasteiger partial charge in [-0.05, 0) is 67.6 Å². The monoisotopic (exact) mass is 663 g/mol. The van der Waals surface area contributed by atoms with Gasteiger partial charge in [-0.2, -0.15) is 0 Å². The zero-order valence-electron chi connectivity index (χ0n) is 27.5. The Bertz CT molecular complexity index is 1130. The molecular weight excluding hydrogens is 609 g/mol. The first-order chi connectivity index (χ1) is 22.7.